The largest absolute Gasteiger partial charge is 0.360 e. The van der Waals surface area contributed by atoms with Crippen LogP contribution in [0.2, 0.25) is 0 Å². The van der Waals surface area contributed by atoms with E-state index in [1.807, 2.05) is 6.07 Å². The highest BCUT2D eigenvalue weighted by molar-refractivity contribution is 9.09. The minimum atomic E-state index is -0.457. The highest BCUT2D eigenvalue weighted by atomic mass is 79.9. The third-order valence-electron chi connectivity index (χ3n) is 1.68. The van der Waals surface area contributed by atoms with Crippen LogP contribution in [0.1, 0.15) is 0 Å². The smallest absolute Gasteiger partial charge is 0.233 e. The van der Waals surface area contributed by atoms with Crippen LogP contribution in [0.3, 0.4) is 0 Å². The molecule has 5 heteroatoms. The molecule has 1 fully saturated rings. The number of hydrogen-bond acceptors (Lipinski definition) is 3. The second kappa shape index (κ2) is 4.43. The molecule has 1 amide bonds. The number of halogens is 1. The second-order valence-corrected chi connectivity index (χ2v) is 3.02. The molecule has 66 valence electrons. The topological polar surface area (TPSA) is 53.3 Å². The van der Waals surface area contributed by atoms with Gasteiger partial charge in [0.25, 0.3) is 0 Å². The Hall–Kier alpha value is -0.600. The van der Waals surface area contributed by atoms with E-state index in [0.717, 1.165) is 0 Å². The summed E-state index contributed by atoms with van der Waals surface area (Å²) in [4.78, 5) is 12.8. The lowest BCUT2D eigenvalue weighted by atomic mass is 10.3. The number of carbonyl (C=O) groups is 1. The third-order valence-corrected chi connectivity index (χ3v) is 2.16. The first-order valence-electron chi connectivity index (χ1n) is 3.63. The number of amides is 1. The van der Waals surface area contributed by atoms with E-state index in [2.05, 4.69) is 15.9 Å². The van der Waals surface area contributed by atoms with Gasteiger partial charge in [-0.2, -0.15) is 5.26 Å². The zero-order valence-electron chi connectivity index (χ0n) is 6.49. The average Bonchev–Trinajstić information content (AvgIpc) is 2.17. The molecule has 0 N–H and O–H groups in total. The molecule has 0 saturated carbocycles. The zero-order valence-corrected chi connectivity index (χ0v) is 8.08. The van der Waals surface area contributed by atoms with Gasteiger partial charge in [0, 0.05) is 6.54 Å². The molecule has 0 bridgehead atoms. The summed E-state index contributed by atoms with van der Waals surface area (Å²) in [6.45, 7) is 1.43. The average molecular weight is 233 g/mol. The summed E-state index contributed by atoms with van der Waals surface area (Å²) in [6, 6.07) is 1.98. The van der Waals surface area contributed by atoms with E-state index in [0.29, 0.717) is 25.0 Å². The molecule has 12 heavy (non-hydrogen) atoms. The Balaban J connectivity index is 2.47. The fourth-order valence-electron chi connectivity index (χ4n) is 1.04. The van der Waals surface area contributed by atoms with E-state index in [-0.39, 0.29) is 5.91 Å². The van der Waals surface area contributed by atoms with E-state index < -0.39 is 6.10 Å². The van der Waals surface area contributed by atoms with E-state index >= 15 is 0 Å². The monoisotopic (exact) mass is 232 g/mol. The van der Waals surface area contributed by atoms with Gasteiger partial charge in [0.2, 0.25) is 5.91 Å². The van der Waals surface area contributed by atoms with Crippen molar-refractivity contribution in [2.45, 2.75) is 6.10 Å². The van der Waals surface area contributed by atoms with Gasteiger partial charge in [-0.15, -0.1) is 0 Å². The van der Waals surface area contributed by atoms with Gasteiger partial charge in [0.15, 0.2) is 6.10 Å². The number of alkyl halides is 1. The third kappa shape index (κ3) is 2.19. The highest BCUT2D eigenvalue weighted by Crippen LogP contribution is 2.05. The Kier molecular flexibility index (Phi) is 3.50. The van der Waals surface area contributed by atoms with Crippen LogP contribution >= 0.6 is 15.9 Å². The van der Waals surface area contributed by atoms with Crippen molar-refractivity contribution in [3.05, 3.63) is 0 Å². The quantitative estimate of drug-likeness (QED) is 0.605. The lowest BCUT2D eigenvalue weighted by Gasteiger charge is -2.29. The van der Waals surface area contributed by atoms with Crippen LogP contribution in [0.25, 0.3) is 0 Å². The molecule has 1 aliphatic rings. The fraction of sp³-hybridized carbons (Fsp3) is 0.714. The van der Waals surface area contributed by atoms with Crippen LogP contribution in [0.4, 0.5) is 0 Å². The van der Waals surface area contributed by atoms with Crippen molar-refractivity contribution in [1.82, 2.24) is 4.90 Å². The van der Waals surface area contributed by atoms with Crippen LogP contribution in [0.15, 0.2) is 0 Å². The standard InChI is InChI=1S/C7H9BrN2O2/c8-3-7(11)10-1-2-12-6(4-9)5-10/h6H,1-3,5H2. The molecule has 0 aromatic carbocycles. The summed E-state index contributed by atoms with van der Waals surface area (Å²) in [5.41, 5.74) is 0. The van der Waals surface area contributed by atoms with Gasteiger partial charge in [-0.25, -0.2) is 0 Å². The Morgan fingerprint density at radius 2 is 2.58 bits per heavy atom. The lowest BCUT2D eigenvalue weighted by molar-refractivity contribution is -0.133. The maximum Gasteiger partial charge on any atom is 0.233 e. The SMILES string of the molecule is N#CC1CN(C(=O)CBr)CCO1. The maximum atomic E-state index is 11.1. The summed E-state index contributed by atoms with van der Waals surface area (Å²) >= 11 is 3.08. The summed E-state index contributed by atoms with van der Waals surface area (Å²) in [5.74, 6) is 0.0125. The van der Waals surface area contributed by atoms with Gasteiger partial charge in [0.1, 0.15) is 0 Å². The number of nitriles is 1. The van der Waals surface area contributed by atoms with E-state index in [1.165, 1.54) is 0 Å². The van der Waals surface area contributed by atoms with Crippen molar-refractivity contribution in [1.29, 1.82) is 5.26 Å². The molecule has 1 aliphatic heterocycles. The van der Waals surface area contributed by atoms with Crippen molar-refractivity contribution in [3.8, 4) is 6.07 Å². The van der Waals surface area contributed by atoms with Crippen molar-refractivity contribution in [2.75, 3.05) is 25.0 Å². The number of hydrogen-bond donors (Lipinski definition) is 0. The molecule has 0 aromatic rings. The summed E-state index contributed by atoms with van der Waals surface area (Å²) in [5, 5.41) is 8.85. The first kappa shape index (κ1) is 9.49. The van der Waals surface area contributed by atoms with Crippen LogP contribution in [0.5, 0.6) is 0 Å². The number of ether oxygens (including phenoxy) is 1. The molecule has 0 radical (unpaired) electrons. The predicted octanol–water partition coefficient (Wildman–Crippen LogP) is 0.132. The van der Waals surface area contributed by atoms with Crippen LogP contribution < -0.4 is 0 Å². The van der Waals surface area contributed by atoms with Crippen LogP contribution in [-0.2, 0) is 9.53 Å². The van der Waals surface area contributed by atoms with E-state index in [1.54, 1.807) is 4.90 Å². The zero-order chi connectivity index (χ0) is 8.97. The van der Waals surface area contributed by atoms with Crippen molar-refractivity contribution in [3.63, 3.8) is 0 Å². The normalized spacial score (nSPS) is 23.3. The summed E-state index contributed by atoms with van der Waals surface area (Å²) in [7, 11) is 0. The summed E-state index contributed by atoms with van der Waals surface area (Å²) in [6.07, 6.45) is -0.457. The maximum absolute atomic E-state index is 11.1. The molecule has 4 nitrogen and oxygen atoms in total. The van der Waals surface area contributed by atoms with Gasteiger partial charge < -0.3 is 9.64 Å². The fourth-order valence-corrected chi connectivity index (χ4v) is 1.39. The molecule has 1 rings (SSSR count). The Morgan fingerprint density at radius 1 is 1.83 bits per heavy atom. The van der Waals surface area contributed by atoms with Crippen molar-refractivity contribution < 1.29 is 9.53 Å². The number of nitrogens with zero attached hydrogens (tertiary/aromatic N) is 2. The highest BCUT2D eigenvalue weighted by Gasteiger charge is 2.22. The minimum Gasteiger partial charge on any atom is -0.360 e. The Bertz CT molecular complexity index is 214. The molecule has 0 spiro atoms. The van der Waals surface area contributed by atoms with Gasteiger partial charge >= 0.3 is 0 Å². The molecular formula is C7H9BrN2O2. The van der Waals surface area contributed by atoms with Gasteiger partial charge in [0.05, 0.1) is 24.6 Å². The minimum absolute atomic E-state index is 0.0125. The number of rotatable bonds is 1. The van der Waals surface area contributed by atoms with Crippen LogP contribution in [-0.4, -0.2) is 41.9 Å². The number of carbonyl (C=O) groups excluding carboxylic acids is 1. The molecular weight excluding hydrogens is 224 g/mol. The van der Waals surface area contributed by atoms with Crippen LogP contribution in [0, 0.1) is 11.3 Å². The number of morpholine rings is 1. The second-order valence-electron chi connectivity index (χ2n) is 2.46. The molecule has 0 aromatic heterocycles. The Labute approximate surface area is 79.2 Å². The molecule has 1 unspecified atom stereocenters. The Morgan fingerprint density at radius 3 is 3.17 bits per heavy atom. The predicted molar refractivity (Wildman–Crippen MR) is 45.7 cm³/mol. The molecule has 1 saturated heterocycles. The van der Waals surface area contributed by atoms with Gasteiger partial charge in [-0.3, -0.25) is 4.79 Å². The first-order valence-corrected chi connectivity index (χ1v) is 4.75. The molecule has 0 aliphatic carbocycles. The molecule has 1 heterocycles. The van der Waals surface area contributed by atoms with Gasteiger partial charge in [-0.1, -0.05) is 15.9 Å². The molecule has 1 atom stereocenters. The summed E-state index contributed by atoms with van der Waals surface area (Å²) < 4.78 is 5.08. The first-order chi connectivity index (χ1) is 5.77. The van der Waals surface area contributed by atoms with E-state index in [4.69, 9.17) is 10.00 Å². The van der Waals surface area contributed by atoms with Crippen molar-refractivity contribution in [2.24, 2.45) is 0 Å². The van der Waals surface area contributed by atoms with E-state index in [9.17, 15) is 4.79 Å². The van der Waals surface area contributed by atoms with Gasteiger partial charge in [-0.05, 0) is 0 Å². The van der Waals surface area contributed by atoms with Crippen molar-refractivity contribution >= 4 is 21.8 Å². The lowest BCUT2D eigenvalue weighted by Crippen LogP contribution is -2.45.